The normalized spacial score (nSPS) is 19.3. The Morgan fingerprint density at radius 1 is 1.36 bits per heavy atom. The van der Waals surface area contributed by atoms with Gasteiger partial charge in [-0.2, -0.15) is 0 Å². The molecule has 1 atom stereocenters. The molecule has 0 aromatic heterocycles. The molecule has 0 bridgehead atoms. The summed E-state index contributed by atoms with van der Waals surface area (Å²) in [5, 5.41) is 6.80. The summed E-state index contributed by atoms with van der Waals surface area (Å²) in [4.78, 5) is 9.01. The van der Waals surface area contributed by atoms with E-state index >= 15 is 0 Å². The first-order chi connectivity index (χ1) is 10.2. The molecule has 0 amide bonds. The number of halogens is 1. The van der Waals surface area contributed by atoms with Gasteiger partial charge in [0.25, 0.3) is 0 Å². The fourth-order valence-corrected chi connectivity index (χ4v) is 2.63. The maximum absolute atomic E-state index is 5.07. The highest BCUT2D eigenvalue weighted by Crippen LogP contribution is 2.13. The van der Waals surface area contributed by atoms with Crippen molar-refractivity contribution in [3.05, 3.63) is 0 Å². The highest BCUT2D eigenvalue weighted by Gasteiger charge is 2.20. The molecule has 7 heteroatoms. The van der Waals surface area contributed by atoms with Crippen molar-refractivity contribution in [2.75, 3.05) is 67.6 Å². The number of likely N-dealkylation sites (N-methyl/N-ethyl adjacent to an activating group) is 2. The van der Waals surface area contributed by atoms with Crippen molar-refractivity contribution in [2.24, 2.45) is 4.99 Å². The van der Waals surface area contributed by atoms with Crippen LogP contribution < -0.4 is 10.6 Å². The third-order valence-corrected chi connectivity index (χ3v) is 4.07. The number of ether oxygens (including phenoxy) is 1. The second-order valence-corrected chi connectivity index (χ2v) is 5.81. The third-order valence-electron chi connectivity index (χ3n) is 4.07. The molecule has 1 heterocycles. The van der Waals surface area contributed by atoms with E-state index in [-0.39, 0.29) is 24.0 Å². The van der Waals surface area contributed by atoms with Crippen LogP contribution in [0.25, 0.3) is 0 Å². The number of likely N-dealkylation sites (tertiary alicyclic amines) is 1. The Labute approximate surface area is 153 Å². The van der Waals surface area contributed by atoms with Gasteiger partial charge < -0.3 is 25.2 Å². The van der Waals surface area contributed by atoms with Crippen LogP contribution in [0.3, 0.4) is 0 Å². The zero-order valence-electron chi connectivity index (χ0n) is 14.6. The van der Waals surface area contributed by atoms with Gasteiger partial charge in [0.1, 0.15) is 0 Å². The van der Waals surface area contributed by atoms with Crippen molar-refractivity contribution in [2.45, 2.75) is 25.3 Å². The van der Waals surface area contributed by atoms with Gasteiger partial charge in [0.2, 0.25) is 0 Å². The van der Waals surface area contributed by atoms with Crippen LogP contribution in [0.15, 0.2) is 4.99 Å². The van der Waals surface area contributed by atoms with Crippen molar-refractivity contribution < 1.29 is 4.74 Å². The molecule has 22 heavy (non-hydrogen) atoms. The first-order valence-electron chi connectivity index (χ1n) is 7.99. The highest BCUT2D eigenvalue weighted by atomic mass is 127. The molecular weight excluding hydrogens is 393 g/mol. The average molecular weight is 427 g/mol. The summed E-state index contributed by atoms with van der Waals surface area (Å²) in [6, 6.07) is 0.639. The quantitative estimate of drug-likeness (QED) is 0.247. The van der Waals surface area contributed by atoms with Gasteiger partial charge in [0, 0.05) is 53.0 Å². The zero-order valence-corrected chi connectivity index (χ0v) is 16.9. The Morgan fingerprint density at radius 3 is 2.73 bits per heavy atom. The van der Waals surface area contributed by atoms with Gasteiger partial charge in [-0.25, -0.2) is 0 Å². The summed E-state index contributed by atoms with van der Waals surface area (Å²) < 4.78 is 5.07. The maximum atomic E-state index is 5.07. The van der Waals surface area contributed by atoms with Gasteiger partial charge in [-0.15, -0.1) is 24.0 Å². The topological polar surface area (TPSA) is 52.1 Å². The van der Waals surface area contributed by atoms with Crippen LogP contribution in [0.1, 0.15) is 19.3 Å². The molecule has 1 aliphatic heterocycles. The van der Waals surface area contributed by atoms with E-state index < -0.39 is 0 Å². The summed E-state index contributed by atoms with van der Waals surface area (Å²) >= 11 is 0. The van der Waals surface area contributed by atoms with E-state index in [9.17, 15) is 0 Å². The molecule has 0 aromatic carbocycles. The highest BCUT2D eigenvalue weighted by molar-refractivity contribution is 14.0. The molecule has 1 rings (SSSR count). The Bertz CT molecular complexity index is 304. The molecule has 1 aliphatic rings. The van der Waals surface area contributed by atoms with Gasteiger partial charge in [-0.05, 0) is 39.9 Å². The molecule has 0 aromatic rings. The van der Waals surface area contributed by atoms with E-state index in [1.54, 1.807) is 7.11 Å². The lowest BCUT2D eigenvalue weighted by Gasteiger charge is -2.22. The first kappa shape index (κ1) is 21.9. The number of methoxy groups -OCH3 is 1. The predicted molar refractivity (Wildman–Crippen MR) is 104 cm³/mol. The first-order valence-corrected chi connectivity index (χ1v) is 7.99. The number of aliphatic imine (C=N–C) groups is 1. The van der Waals surface area contributed by atoms with E-state index in [1.165, 1.54) is 19.4 Å². The van der Waals surface area contributed by atoms with Crippen LogP contribution in [-0.2, 0) is 4.74 Å². The van der Waals surface area contributed by atoms with E-state index in [0.29, 0.717) is 6.04 Å². The van der Waals surface area contributed by atoms with Gasteiger partial charge in [0.05, 0.1) is 0 Å². The summed E-state index contributed by atoms with van der Waals surface area (Å²) in [7, 11) is 7.92. The predicted octanol–water partition coefficient (Wildman–Crippen LogP) is 0.832. The number of hydrogen-bond acceptors (Lipinski definition) is 4. The van der Waals surface area contributed by atoms with Crippen LogP contribution in [-0.4, -0.2) is 89.4 Å². The van der Waals surface area contributed by atoms with E-state index in [1.807, 2.05) is 7.05 Å². The van der Waals surface area contributed by atoms with Crippen LogP contribution in [0.4, 0.5) is 0 Å². The van der Waals surface area contributed by atoms with Gasteiger partial charge >= 0.3 is 0 Å². The Balaban J connectivity index is 0.00000441. The van der Waals surface area contributed by atoms with Crippen molar-refractivity contribution >= 4 is 29.9 Å². The maximum Gasteiger partial charge on any atom is 0.191 e. The smallest absolute Gasteiger partial charge is 0.191 e. The number of hydrogen-bond donors (Lipinski definition) is 2. The summed E-state index contributed by atoms with van der Waals surface area (Å²) in [6.07, 6.45) is 3.66. The lowest BCUT2D eigenvalue weighted by Crippen LogP contribution is -2.45. The van der Waals surface area contributed by atoms with Crippen molar-refractivity contribution in [3.8, 4) is 0 Å². The largest absolute Gasteiger partial charge is 0.385 e. The SMILES string of the molecule is CN=C(NCCN(C)CCCOC)NCC1CCCN1C.I. The molecule has 0 spiro atoms. The monoisotopic (exact) mass is 427 g/mol. The number of nitrogens with one attached hydrogen (secondary N) is 2. The Hall–Kier alpha value is -0.120. The average Bonchev–Trinajstić information content (AvgIpc) is 2.88. The fourth-order valence-electron chi connectivity index (χ4n) is 2.63. The van der Waals surface area contributed by atoms with Gasteiger partial charge in [-0.1, -0.05) is 0 Å². The second kappa shape index (κ2) is 13.3. The number of guanidine groups is 1. The molecule has 1 fully saturated rings. The number of nitrogens with zero attached hydrogens (tertiary/aromatic N) is 3. The van der Waals surface area contributed by atoms with Gasteiger partial charge in [-0.3, -0.25) is 4.99 Å². The third kappa shape index (κ3) is 9.12. The lowest BCUT2D eigenvalue weighted by atomic mass is 10.2. The summed E-state index contributed by atoms with van der Waals surface area (Å²) in [5.41, 5.74) is 0. The zero-order chi connectivity index (χ0) is 15.5. The molecule has 6 nitrogen and oxygen atoms in total. The van der Waals surface area contributed by atoms with E-state index in [0.717, 1.165) is 45.2 Å². The number of rotatable bonds is 9. The molecule has 1 saturated heterocycles. The van der Waals surface area contributed by atoms with Crippen molar-refractivity contribution in [3.63, 3.8) is 0 Å². The van der Waals surface area contributed by atoms with E-state index in [4.69, 9.17) is 4.74 Å². The van der Waals surface area contributed by atoms with Crippen LogP contribution in [0.2, 0.25) is 0 Å². The van der Waals surface area contributed by atoms with Crippen molar-refractivity contribution in [1.29, 1.82) is 0 Å². The molecule has 0 saturated carbocycles. The van der Waals surface area contributed by atoms with Crippen LogP contribution in [0, 0.1) is 0 Å². The molecule has 1 unspecified atom stereocenters. The summed E-state index contributed by atoms with van der Waals surface area (Å²) in [5.74, 6) is 0.903. The minimum Gasteiger partial charge on any atom is -0.385 e. The van der Waals surface area contributed by atoms with Crippen molar-refractivity contribution in [1.82, 2.24) is 20.4 Å². The molecule has 2 N–H and O–H groups in total. The van der Waals surface area contributed by atoms with Crippen LogP contribution >= 0.6 is 24.0 Å². The van der Waals surface area contributed by atoms with Gasteiger partial charge in [0.15, 0.2) is 5.96 Å². The van der Waals surface area contributed by atoms with E-state index in [2.05, 4.69) is 39.5 Å². The molecule has 0 radical (unpaired) electrons. The van der Waals surface area contributed by atoms with Crippen LogP contribution in [0.5, 0.6) is 0 Å². The standard InChI is InChI=1S/C15H33N5O.HI/c1-16-15(18-13-14-7-5-10-20(14)3)17-8-11-19(2)9-6-12-21-4;/h14H,5-13H2,1-4H3,(H2,16,17,18);1H. The lowest BCUT2D eigenvalue weighted by molar-refractivity contribution is 0.180. The minimum absolute atomic E-state index is 0. The Kier molecular flexibility index (Phi) is 13.3. The molecular formula is C15H34IN5O. The minimum atomic E-state index is 0. The Morgan fingerprint density at radius 2 is 2.14 bits per heavy atom. The molecule has 132 valence electrons. The summed E-state index contributed by atoms with van der Waals surface area (Å²) in [6.45, 7) is 5.99. The second-order valence-electron chi connectivity index (χ2n) is 5.81. The fraction of sp³-hybridized carbons (Fsp3) is 0.933. The molecule has 0 aliphatic carbocycles.